The van der Waals surface area contributed by atoms with Gasteiger partial charge in [-0.05, 0) is 17.2 Å². The number of benzene rings is 2. The Bertz CT molecular complexity index is 1320. The van der Waals surface area contributed by atoms with E-state index in [0.717, 1.165) is 37.1 Å². The molecule has 4 aliphatic rings. The van der Waals surface area contributed by atoms with Gasteiger partial charge in [-0.3, -0.25) is 4.79 Å². The van der Waals surface area contributed by atoms with Crippen molar-refractivity contribution >= 4 is 29.8 Å². The van der Waals surface area contributed by atoms with Gasteiger partial charge in [0.25, 0.3) is 5.91 Å². The van der Waals surface area contributed by atoms with Gasteiger partial charge in [0.05, 0.1) is 13.1 Å². The first-order valence-corrected chi connectivity index (χ1v) is 12.7. The average Bonchev–Trinajstić information content (AvgIpc) is 3.05. The number of quaternary nitrogens is 1. The van der Waals surface area contributed by atoms with Crippen molar-refractivity contribution in [3.8, 4) is 0 Å². The Balaban J connectivity index is 0.00000294. The van der Waals surface area contributed by atoms with Crippen LogP contribution in [-0.2, 0) is 19.9 Å². The van der Waals surface area contributed by atoms with Gasteiger partial charge in [-0.1, -0.05) is 60.7 Å². The minimum absolute atomic E-state index is 0. The fourth-order valence-corrected chi connectivity index (χ4v) is 6.14. The number of halogens is 1. The molecular weight excluding hydrogens is 548 g/mol. The summed E-state index contributed by atoms with van der Waals surface area (Å²) < 4.78 is 6.73. The van der Waals surface area contributed by atoms with E-state index in [-0.39, 0.29) is 41.5 Å². The molecule has 3 fully saturated rings. The zero-order valence-electron chi connectivity index (χ0n) is 20.8. The first-order valence-electron chi connectivity index (χ1n) is 12.7. The Kier molecular flexibility index (Phi) is 7.17. The Morgan fingerprint density at radius 1 is 1.00 bits per heavy atom. The highest BCUT2D eigenvalue weighted by Crippen LogP contribution is 2.41. The molecule has 1 aliphatic carbocycles. The van der Waals surface area contributed by atoms with E-state index in [9.17, 15) is 14.7 Å². The Morgan fingerprint density at radius 3 is 2.24 bits per heavy atom. The molecule has 0 spiro atoms. The minimum Gasteiger partial charge on any atom is -1.00 e. The second kappa shape index (κ2) is 10.4. The maximum atomic E-state index is 13.9. The molecule has 3 aromatic rings. The number of ether oxygens (including phenoxy) is 1. The van der Waals surface area contributed by atoms with Crippen LogP contribution in [0.2, 0.25) is 0 Å². The number of carbonyl (C=O) groups is 2. The summed E-state index contributed by atoms with van der Waals surface area (Å²) in [5.41, 5.74) is 0.637. The van der Waals surface area contributed by atoms with E-state index in [1.807, 2.05) is 48.6 Å². The van der Waals surface area contributed by atoms with Crippen LogP contribution in [0.5, 0.6) is 0 Å². The number of amides is 1. The Morgan fingerprint density at radius 2 is 1.63 bits per heavy atom. The number of esters is 1. The molecule has 7 rings (SSSR count). The fourth-order valence-electron chi connectivity index (χ4n) is 6.14. The maximum absolute atomic E-state index is 13.9. The molecule has 9 heteroatoms. The van der Waals surface area contributed by atoms with E-state index in [0.29, 0.717) is 28.0 Å². The molecule has 2 N–H and O–H groups in total. The minimum atomic E-state index is -1.93. The highest BCUT2D eigenvalue weighted by atomic mass is 79.9. The van der Waals surface area contributed by atoms with Gasteiger partial charge in [0.1, 0.15) is 18.7 Å². The van der Waals surface area contributed by atoms with Crippen molar-refractivity contribution in [1.82, 2.24) is 9.97 Å². The molecule has 1 amide bonds. The largest absolute Gasteiger partial charge is 1.00 e. The van der Waals surface area contributed by atoms with Crippen LogP contribution in [0.4, 0.5) is 5.82 Å². The molecule has 0 radical (unpaired) electrons. The normalized spacial score (nSPS) is 24.2. The van der Waals surface area contributed by atoms with Gasteiger partial charge in [-0.15, -0.1) is 0 Å². The third kappa shape index (κ3) is 4.66. The SMILES string of the molecule is O=C(C[N+]12CCC(CC1)[C@@H](OC(=O)C1(O)c3ccccc3C=Cc3ccccc31)C2)Nc1ccncn1.[Br-]. The van der Waals surface area contributed by atoms with Crippen molar-refractivity contribution < 1.29 is 40.9 Å². The molecule has 0 unspecified atom stereocenters. The molecule has 2 aromatic carbocycles. The topological polar surface area (TPSA) is 101 Å². The quantitative estimate of drug-likeness (QED) is 0.327. The zero-order chi connectivity index (χ0) is 25.5. The van der Waals surface area contributed by atoms with Crippen LogP contribution in [0.3, 0.4) is 0 Å². The van der Waals surface area contributed by atoms with Gasteiger partial charge in [0.15, 0.2) is 12.6 Å². The number of aromatic nitrogens is 2. The first kappa shape index (κ1) is 26.2. The lowest BCUT2D eigenvalue weighted by Gasteiger charge is -2.51. The highest BCUT2D eigenvalue weighted by Gasteiger charge is 2.52. The number of rotatable bonds is 5. The van der Waals surface area contributed by atoms with E-state index >= 15 is 0 Å². The molecule has 1 atom stereocenters. The molecule has 3 saturated heterocycles. The first-order chi connectivity index (χ1) is 18.0. The number of hydrogen-bond acceptors (Lipinski definition) is 6. The molecule has 0 saturated carbocycles. The third-order valence-electron chi connectivity index (χ3n) is 8.07. The van der Waals surface area contributed by atoms with Gasteiger partial charge < -0.3 is 36.6 Å². The molecule has 3 aliphatic heterocycles. The summed E-state index contributed by atoms with van der Waals surface area (Å²) in [4.78, 5) is 34.7. The Hall–Kier alpha value is -3.40. The zero-order valence-corrected chi connectivity index (χ0v) is 22.4. The van der Waals surface area contributed by atoms with Crippen molar-refractivity contribution in [2.75, 3.05) is 31.5 Å². The molecule has 38 heavy (non-hydrogen) atoms. The number of nitrogens with zero attached hydrogens (tertiary/aromatic N) is 3. The van der Waals surface area contributed by atoms with Crippen molar-refractivity contribution in [3.63, 3.8) is 0 Å². The van der Waals surface area contributed by atoms with E-state index in [2.05, 4.69) is 15.3 Å². The van der Waals surface area contributed by atoms with Crippen molar-refractivity contribution in [1.29, 1.82) is 0 Å². The summed E-state index contributed by atoms with van der Waals surface area (Å²) in [6, 6.07) is 16.4. The number of fused-ring (bicyclic) bond motifs is 5. The van der Waals surface area contributed by atoms with Crippen LogP contribution >= 0.6 is 0 Å². The van der Waals surface area contributed by atoms with Gasteiger partial charge >= 0.3 is 5.97 Å². The van der Waals surface area contributed by atoms with Gasteiger partial charge in [-0.2, -0.15) is 0 Å². The number of hydrogen-bond donors (Lipinski definition) is 2. The lowest BCUT2D eigenvalue weighted by atomic mass is 9.81. The molecule has 1 aromatic heterocycles. The fraction of sp³-hybridized carbons (Fsp3) is 0.310. The summed E-state index contributed by atoms with van der Waals surface area (Å²) in [5, 5.41) is 15.0. The van der Waals surface area contributed by atoms with Crippen molar-refractivity contribution in [2.45, 2.75) is 24.5 Å². The molecule has 8 nitrogen and oxygen atoms in total. The molecule has 196 valence electrons. The number of carbonyl (C=O) groups excluding carboxylic acids is 2. The van der Waals surface area contributed by atoms with Gasteiger partial charge in [0, 0.05) is 36.1 Å². The van der Waals surface area contributed by atoms with Gasteiger partial charge in [0.2, 0.25) is 5.60 Å². The van der Waals surface area contributed by atoms with Crippen LogP contribution in [0.15, 0.2) is 67.1 Å². The lowest BCUT2D eigenvalue weighted by Crippen LogP contribution is -3.00. The molecule has 2 bridgehead atoms. The monoisotopic (exact) mass is 576 g/mol. The maximum Gasteiger partial charge on any atom is 0.348 e. The van der Waals surface area contributed by atoms with E-state index in [1.54, 1.807) is 24.4 Å². The summed E-state index contributed by atoms with van der Waals surface area (Å²) >= 11 is 0. The van der Waals surface area contributed by atoms with Crippen LogP contribution in [0.1, 0.15) is 35.1 Å². The van der Waals surface area contributed by atoms with E-state index in [4.69, 9.17) is 4.74 Å². The van der Waals surface area contributed by atoms with Crippen LogP contribution in [0.25, 0.3) is 12.2 Å². The number of aliphatic hydroxyl groups is 1. The predicted molar refractivity (Wildman–Crippen MR) is 138 cm³/mol. The smallest absolute Gasteiger partial charge is 0.348 e. The van der Waals surface area contributed by atoms with Crippen molar-refractivity contribution in [2.24, 2.45) is 5.92 Å². The van der Waals surface area contributed by atoms with Crippen LogP contribution in [0, 0.1) is 5.92 Å². The summed E-state index contributed by atoms with van der Waals surface area (Å²) in [7, 11) is 0. The van der Waals surface area contributed by atoms with Gasteiger partial charge in [-0.25, -0.2) is 14.8 Å². The second-order valence-corrected chi connectivity index (χ2v) is 10.3. The Labute approximate surface area is 231 Å². The van der Waals surface area contributed by atoms with E-state index in [1.165, 1.54) is 6.33 Å². The third-order valence-corrected chi connectivity index (χ3v) is 8.07. The summed E-state index contributed by atoms with van der Waals surface area (Å²) in [6.45, 7) is 2.54. The number of piperidine rings is 3. The highest BCUT2D eigenvalue weighted by molar-refractivity contribution is 5.92. The predicted octanol–water partition coefficient (Wildman–Crippen LogP) is -0.00880. The second-order valence-electron chi connectivity index (χ2n) is 10.3. The summed E-state index contributed by atoms with van der Waals surface area (Å²) in [6.07, 6.45) is 8.18. The number of anilines is 1. The molecular formula is C29H29BrN4O4. The van der Waals surface area contributed by atoms with Crippen molar-refractivity contribution in [3.05, 3.63) is 89.4 Å². The molecule has 4 heterocycles. The van der Waals surface area contributed by atoms with E-state index < -0.39 is 11.6 Å². The summed E-state index contributed by atoms with van der Waals surface area (Å²) in [5.74, 6) is -0.111. The van der Waals surface area contributed by atoms with Crippen LogP contribution in [-0.4, -0.2) is 63.7 Å². The standard InChI is InChI=1S/C29H28N4O4.BrH/c34-27(32-26-11-14-30-19-31-26)18-33-15-12-22(13-16-33)25(17-33)37-28(35)29(36)23-7-3-1-5-20(23)9-10-21-6-2-4-8-24(21)29;/h1-11,14,19,22,25,36H,12-13,15-18H2;1H/t22?,25-,33?;/m0./s1. The number of nitrogens with one attached hydrogen (secondary N) is 1. The lowest BCUT2D eigenvalue weighted by molar-refractivity contribution is -0.939. The van der Waals surface area contributed by atoms with Crippen LogP contribution < -0.4 is 22.3 Å². The average molecular weight is 577 g/mol.